The van der Waals surface area contributed by atoms with Gasteiger partial charge in [-0.05, 0) is 73.4 Å². The molecule has 1 aliphatic rings. The third-order valence-electron chi connectivity index (χ3n) is 7.77. The van der Waals surface area contributed by atoms with E-state index in [2.05, 4.69) is 4.98 Å². The summed E-state index contributed by atoms with van der Waals surface area (Å²) in [5.74, 6) is -1.98. The molecule has 6 rings (SSSR count). The maximum Gasteiger partial charge on any atom is 0.335 e. The van der Waals surface area contributed by atoms with Crippen LogP contribution in [0.4, 0.5) is 13.2 Å². The number of ether oxygens (including phenoxy) is 1. The Balaban J connectivity index is 0.00000188. The molecule has 0 aliphatic heterocycles. The van der Waals surface area contributed by atoms with Crippen molar-refractivity contribution in [1.82, 2.24) is 14.5 Å². The Kier molecular flexibility index (Phi) is 9.29. The van der Waals surface area contributed by atoms with Crippen molar-refractivity contribution in [3.63, 3.8) is 0 Å². The summed E-state index contributed by atoms with van der Waals surface area (Å²) in [7, 11) is 1.00. The predicted octanol–water partition coefficient (Wildman–Crippen LogP) is 7.42. The summed E-state index contributed by atoms with van der Waals surface area (Å²) in [5, 5.41) is 16.5. The van der Waals surface area contributed by atoms with Crippen LogP contribution < -0.4 is 4.74 Å². The summed E-state index contributed by atoms with van der Waals surface area (Å²) in [6, 6.07) is 16.7. The molecule has 0 bridgehead atoms. The van der Waals surface area contributed by atoms with E-state index in [1.54, 1.807) is 49.4 Å². The average molecular weight is 604 g/mol. The fraction of sp³-hybridized carbons (Fsp3) is 0.265. The minimum absolute atomic E-state index is 0.0291. The van der Waals surface area contributed by atoms with E-state index < -0.39 is 23.4 Å². The van der Waals surface area contributed by atoms with Gasteiger partial charge in [-0.25, -0.2) is 27.9 Å². The molecule has 2 aromatic heterocycles. The normalized spacial score (nSPS) is 13.1. The predicted molar refractivity (Wildman–Crippen MR) is 160 cm³/mol. The molecule has 10 heteroatoms. The molecular formula is C34H32F3N3O4. The van der Waals surface area contributed by atoms with Crippen molar-refractivity contribution in [1.29, 1.82) is 0 Å². The number of fused-ring (bicyclic) bond motifs is 1. The third kappa shape index (κ3) is 6.45. The molecule has 3 aromatic carbocycles. The molecule has 0 saturated heterocycles. The maximum atomic E-state index is 15.5. The SMILES string of the molecule is CO.Cc1ccc(COc2cccc(-c3cc(F)c(Cc4nc5ccc(C(=O)O)cc5n4C4CCCC4)cc3F)n2)c(F)c1. The Bertz CT molecular complexity index is 1820. The van der Waals surface area contributed by atoms with Gasteiger partial charge < -0.3 is 19.5 Å². The Hall–Kier alpha value is -4.70. The van der Waals surface area contributed by atoms with Crippen molar-refractivity contribution >= 4 is 17.0 Å². The Morgan fingerprint density at radius 2 is 1.66 bits per heavy atom. The minimum Gasteiger partial charge on any atom is -0.478 e. The Morgan fingerprint density at radius 1 is 0.909 bits per heavy atom. The summed E-state index contributed by atoms with van der Waals surface area (Å²) in [4.78, 5) is 20.6. The van der Waals surface area contributed by atoms with E-state index in [4.69, 9.17) is 14.8 Å². The fourth-order valence-electron chi connectivity index (χ4n) is 5.63. The van der Waals surface area contributed by atoms with Crippen molar-refractivity contribution in [2.45, 2.75) is 51.7 Å². The van der Waals surface area contributed by atoms with Gasteiger partial charge in [-0.3, -0.25) is 0 Å². The lowest BCUT2D eigenvalue weighted by Gasteiger charge is -2.17. The van der Waals surface area contributed by atoms with Gasteiger partial charge in [0.25, 0.3) is 0 Å². The molecule has 1 fully saturated rings. The lowest BCUT2D eigenvalue weighted by molar-refractivity contribution is 0.0697. The van der Waals surface area contributed by atoms with Crippen LogP contribution in [0.1, 0.15) is 64.6 Å². The van der Waals surface area contributed by atoms with E-state index in [0.717, 1.165) is 50.5 Å². The Labute approximate surface area is 252 Å². The molecule has 0 unspecified atom stereocenters. The minimum atomic E-state index is -1.04. The number of aryl methyl sites for hydroxylation is 1. The van der Waals surface area contributed by atoms with Crippen LogP contribution in [0.2, 0.25) is 0 Å². The molecule has 0 amide bonds. The molecule has 0 atom stereocenters. The molecule has 44 heavy (non-hydrogen) atoms. The van der Waals surface area contributed by atoms with E-state index in [9.17, 15) is 14.3 Å². The van der Waals surface area contributed by atoms with Crippen LogP contribution >= 0.6 is 0 Å². The Morgan fingerprint density at radius 3 is 2.39 bits per heavy atom. The van der Waals surface area contributed by atoms with Crippen molar-refractivity contribution in [3.8, 4) is 17.1 Å². The van der Waals surface area contributed by atoms with Crippen molar-refractivity contribution in [3.05, 3.63) is 112 Å². The molecule has 228 valence electrons. The van der Waals surface area contributed by atoms with Gasteiger partial charge in [0.15, 0.2) is 0 Å². The highest BCUT2D eigenvalue weighted by Crippen LogP contribution is 2.35. The number of hydrogen-bond acceptors (Lipinski definition) is 5. The van der Waals surface area contributed by atoms with Gasteiger partial charge in [0.1, 0.15) is 29.9 Å². The van der Waals surface area contributed by atoms with Gasteiger partial charge in [0.05, 0.1) is 22.3 Å². The van der Waals surface area contributed by atoms with Crippen LogP contribution in [0.25, 0.3) is 22.3 Å². The zero-order valence-electron chi connectivity index (χ0n) is 24.4. The monoisotopic (exact) mass is 603 g/mol. The first-order chi connectivity index (χ1) is 21.3. The number of halogens is 3. The molecule has 2 N–H and O–H groups in total. The lowest BCUT2D eigenvalue weighted by Crippen LogP contribution is -2.11. The zero-order valence-corrected chi connectivity index (χ0v) is 24.4. The third-order valence-corrected chi connectivity index (χ3v) is 7.77. The van der Waals surface area contributed by atoms with Gasteiger partial charge in [-0.1, -0.05) is 31.0 Å². The van der Waals surface area contributed by atoms with E-state index in [1.165, 1.54) is 12.1 Å². The standard InChI is InChI=1S/C33H28F3N3O3.CH4O/c1-19-9-10-21(25(34)13-19)18-42-32-8-4-7-28(38-32)24-17-26(35)22(14-27(24)36)16-31-37-29-12-11-20(33(40)41)15-30(29)39(31)23-5-2-3-6-23;1-2/h4,7-15,17,23H,2-3,5-6,16,18H2,1H3,(H,40,41);2H,1H3. The first-order valence-corrected chi connectivity index (χ1v) is 14.3. The number of hydrogen-bond donors (Lipinski definition) is 2. The van der Waals surface area contributed by atoms with Crippen molar-refractivity contribution in [2.24, 2.45) is 0 Å². The molecule has 2 heterocycles. The summed E-state index contributed by atoms with van der Waals surface area (Å²) in [6.45, 7) is 1.73. The zero-order chi connectivity index (χ0) is 31.4. The number of pyridine rings is 1. The first-order valence-electron chi connectivity index (χ1n) is 14.3. The highest BCUT2D eigenvalue weighted by molar-refractivity contribution is 5.92. The van der Waals surface area contributed by atoms with Gasteiger partial charge >= 0.3 is 5.97 Å². The van der Waals surface area contributed by atoms with Crippen LogP contribution in [0.5, 0.6) is 5.88 Å². The van der Waals surface area contributed by atoms with E-state index in [-0.39, 0.29) is 47.3 Å². The molecule has 7 nitrogen and oxygen atoms in total. The number of aliphatic hydroxyl groups is 1. The number of benzene rings is 3. The number of aromatic nitrogens is 3. The number of nitrogens with zero attached hydrogens (tertiary/aromatic N) is 3. The summed E-state index contributed by atoms with van der Waals surface area (Å²) < 4.78 is 52.8. The van der Waals surface area contributed by atoms with Gasteiger partial charge in [0, 0.05) is 36.8 Å². The summed E-state index contributed by atoms with van der Waals surface area (Å²) in [5.41, 5.74) is 2.88. The molecule has 5 aromatic rings. The highest BCUT2D eigenvalue weighted by Gasteiger charge is 2.25. The average Bonchev–Trinajstić information content (AvgIpc) is 3.67. The van der Waals surface area contributed by atoms with Gasteiger partial charge in [0.2, 0.25) is 5.88 Å². The quantitative estimate of drug-likeness (QED) is 0.192. The van der Waals surface area contributed by atoms with Gasteiger partial charge in [-0.2, -0.15) is 0 Å². The number of aromatic carboxylic acids is 1. The number of carbonyl (C=O) groups is 1. The van der Waals surface area contributed by atoms with Gasteiger partial charge in [-0.15, -0.1) is 0 Å². The maximum absolute atomic E-state index is 15.5. The highest BCUT2D eigenvalue weighted by atomic mass is 19.1. The second kappa shape index (κ2) is 13.3. The number of aliphatic hydroxyl groups excluding tert-OH is 1. The molecule has 1 saturated carbocycles. The van der Waals surface area contributed by atoms with Crippen LogP contribution in [0.3, 0.4) is 0 Å². The van der Waals surface area contributed by atoms with E-state index >= 15 is 8.78 Å². The molecule has 1 aliphatic carbocycles. The lowest BCUT2D eigenvalue weighted by atomic mass is 10.0. The smallest absolute Gasteiger partial charge is 0.335 e. The second-order valence-electron chi connectivity index (χ2n) is 10.7. The van der Waals surface area contributed by atoms with Crippen LogP contribution in [-0.2, 0) is 13.0 Å². The second-order valence-corrected chi connectivity index (χ2v) is 10.7. The van der Waals surface area contributed by atoms with Crippen LogP contribution in [0.15, 0.2) is 66.7 Å². The topological polar surface area (TPSA) is 97.5 Å². The number of carboxylic acids is 1. The summed E-state index contributed by atoms with van der Waals surface area (Å²) in [6.07, 6.45) is 3.93. The van der Waals surface area contributed by atoms with E-state index in [1.807, 2.05) is 4.57 Å². The van der Waals surface area contributed by atoms with E-state index in [0.29, 0.717) is 22.4 Å². The number of rotatable bonds is 8. The number of imidazole rings is 1. The first kappa shape index (κ1) is 30.7. The largest absolute Gasteiger partial charge is 0.478 e. The van der Waals surface area contributed by atoms with Crippen molar-refractivity contribution < 1.29 is 32.9 Å². The van der Waals surface area contributed by atoms with Crippen molar-refractivity contribution in [2.75, 3.05) is 7.11 Å². The number of carboxylic acid groups (broad SMARTS) is 1. The summed E-state index contributed by atoms with van der Waals surface area (Å²) >= 11 is 0. The fourth-order valence-corrected chi connectivity index (χ4v) is 5.63. The molecule has 0 radical (unpaired) electrons. The molecule has 0 spiro atoms. The molecular weight excluding hydrogens is 571 g/mol. The van der Waals surface area contributed by atoms with Crippen LogP contribution in [-0.4, -0.2) is 37.8 Å². The van der Waals surface area contributed by atoms with Crippen LogP contribution in [0, 0.1) is 24.4 Å².